The Kier molecular flexibility index (Phi) is 4.02. The Morgan fingerprint density at radius 2 is 2.00 bits per heavy atom. The van der Waals surface area contributed by atoms with Crippen LogP contribution in [0.25, 0.3) is 16.7 Å². The predicted molar refractivity (Wildman–Crippen MR) is 104 cm³/mol. The number of aliphatic hydroxyl groups excluding tert-OH is 1. The van der Waals surface area contributed by atoms with E-state index < -0.39 is 6.10 Å². The molecule has 0 spiro atoms. The fraction of sp³-hybridized carbons (Fsp3) is 0.238. The standard InChI is InChI=1S/C21H19N5O2/c27-19-13-26(20(28)18-12-25-9-3-7-23-21(25)24-18)11-15(19)10-14-6-8-22-17-5-2-1-4-16(14)17/h1-9,12,15,19,27H,10-11,13H2/t15-,19-/m1/s1. The molecule has 3 aromatic heterocycles. The van der Waals surface area contributed by atoms with Crippen molar-refractivity contribution in [3.05, 3.63) is 72.4 Å². The van der Waals surface area contributed by atoms with E-state index in [-0.39, 0.29) is 11.8 Å². The topological polar surface area (TPSA) is 83.6 Å². The van der Waals surface area contributed by atoms with Crippen LogP contribution in [0.4, 0.5) is 0 Å². The molecule has 5 rings (SSSR count). The summed E-state index contributed by atoms with van der Waals surface area (Å²) in [4.78, 5) is 27.4. The Hall–Kier alpha value is -3.32. The Balaban J connectivity index is 1.36. The number of imidazole rings is 1. The molecule has 7 nitrogen and oxygen atoms in total. The molecule has 7 heteroatoms. The molecule has 1 aliphatic rings. The van der Waals surface area contributed by atoms with Gasteiger partial charge in [-0.25, -0.2) is 9.97 Å². The summed E-state index contributed by atoms with van der Waals surface area (Å²) in [6.07, 6.45) is 7.06. The van der Waals surface area contributed by atoms with Crippen LogP contribution in [0.1, 0.15) is 16.1 Å². The molecule has 4 aromatic rings. The summed E-state index contributed by atoms with van der Waals surface area (Å²) in [5.41, 5.74) is 2.43. The Morgan fingerprint density at radius 1 is 1.11 bits per heavy atom. The normalized spacial score (nSPS) is 19.5. The van der Waals surface area contributed by atoms with Crippen molar-refractivity contribution in [2.45, 2.75) is 12.5 Å². The molecule has 4 heterocycles. The van der Waals surface area contributed by atoms with E-state index >= 15 is 0 Å². The summed E-state index contributed by atoms with van der Waals surface area (Å²) < 4.78 is 1.72. The molecule has 1 aliphatic heterocycles. The molecule has 0 unspecified atom stereocenters. The van der Waals surface area contributed by atoms with Crippen molar-refractivity contribution in [2.24, 2.45) is 5.92 Å². The van der Waals surface area contributed by atoms with Gasteiger partial charge in [-0.05, 0) is 30.2 Å². The molecule has 140 valence electrons. The number of likely N-dealkylation sites (tertiary alicyclic amines) is 1. The van der Waals surface area contributed by atoms with Crippen molar-refractivity contribution >= 4 is 22.6 Å². The second kappa shape index (κ2) is 6.69. The van der Waals surface area contributed by atoms with E-state index in [1.165, 1.54) is 0 Å². The molecule has 2 atom stereocenters. The third-order valence-electron chi connectivity index (χ3n) is 5.37. The van der Waals surface area contributed by atoms with E-state index in [0.29, 0.717) is 31.0 Å². The van der Waals surface area contributed by atoms with E-state index in [1.807, 2.05) is 36.5 Å². The first kappa shape index (κ1) is 16.8. The molecule has 1 saturated heterocycles. The van der Waals surface area contributed by atoms with Gasteiger partial charge in [0, 0.05) is 49.2 Å². The van der Waals surface area contributed by atoms with E-state index in [1.54, 1.807) is 34.0 Å². The molecular formula is C21H19N5O2. The average molecular weight is 373 g/mol. The maximum absolute atomic E-state index is 12.9. The van der Waals surface area contributed by atoms with Crippen LogP contribution < -0.4 is 0 Å². The van der Waals surface area contributed by atoms with Gasteiger partial charge < -0.3 is 10.0 Å². The van der Waals surface area contributed by atoms with Crippen molar-refractivity contribution < 1.29 is 9.90 Å². The van der Waals surface area contributed by atoms with Crippen molar-refractivity contribution in [1.29, 1.82) is 0 Å². The van der Waals surface area contributed by atoms with Crippen LogP contribution in [0.5, 0.6) is 0 Å². The monoisotopic (exact) mass is 373 g/mol. The van der Waals surface area contributed by atoms with Gasteiger partial charge in [-0.3, -0.25) is 14.2 Å². The number of amides is 1. The summed E-state index contributed by atoms with van der Waals surface area (Å²) in [6, 6.07) is 11.8. The number of carbonyl (C=O) groups excluding carboxylic acids is 1. The summed E-state index contributed by atoms with van der Waals surface area (Å²) in [7, 11) is 0. The van der Waals surface area contributed by atoms with Gasteiger partial charge in [-0.1, -0.05) is 18.2 Å². The van der Waals surface area contributed by atoms with Crippen LogP contribution in [-0.4, -0.2) is 54.5 Å². The van der Waals surface area contributed by atoms with E-state index in [4.69, 9.17) is 0 Å². The first-order chi connectivity index (χ1) is 13.7. The molecule has 1 amide bonds. The number of aromatic nitrogens is 4. The number of β-amino-alcohol motifs (C(OH)–C–C–N with tert-alkyl or cyclic N) is 1. The van der Waals surface area contributed by atoms with Gasteiger partial charge in [0.25, 0.3) is 5.91 Å². The van der Waals surface area contributed by atoms with Crippen LogP contribution in [0.3, 0.4) is 0 Å². The first-order valence-corrected chi connectivity index (χ1v) is 9.29. The van der Waals surface area contributed by atoms with E-state index in [9.17, 15) is 9.90 Å². The van der Waals surface area contributed by atoms with Gasteiger partial charge in [0.15, 0.2) is 0 Å². The van der Waals surface area contributed by atoms with Crippen molar-refractivity contribution in [2.75, 3.05) is 13.1 Å². The molecule has 0 aliphatic carbocycles. The largest absolute Gasteiger partial charge is 0.391 e. The molecule has 0 bridgehead atoms. The smallest absolute Gasteiger partial charge is 0.274 e. The molecule has 1 fully saturated rings. The van der Waals surface area contributed by atoms with Gasteiger partial charge in [0.1, 0.15) is 5.69 Å². The number of hydrogen-bond acceptors (Lipinski definition) is 5. The lowest BCUT2D eigenvalue weighted by Crippen LogP contribution is -2.29. The quantitative estimate of drug-likeness (QED) is 0.593. The van der Waals surface area contributed by atoms with Crippen LogP contribution >= 0.6 is 0 Å². The minimum absolute atomic E-state index is 0.0232. The third kappa shape index (κ3) is 2.90. The number of aliphatic hydroxyl groups is 1. The van der Waals surface area contributed by atoms with Crippen molar-refractivity contribution in [3.8, 4) is 0 Å². The Bertz CT molecular complexity index is 1130. The summed E-state index contributed by atoms with van der Waals surface area (Å²) >= 11 is 0. The van der Waals surface area contributed by atoms with Gasteiger partial charge >= 0.3 is 0 Å². The Morgan fingerprint density at radius 3 is 2.89 bits per heavy atom. The van der Waals surface area contributed by atoms with Crippen molar-refractivity contribution in [1.82, 2.24) is 24.3 Å². The van der Waals surface area contributed by atoms with Crippen LogP contribution in [0, 0.1) is 5.92 Å². The lowest BCUT2D eigenvalue weighted by Gasteiger charge is -2.15. The maximum Gasteiger partial charge on any atom is 0.274 e. The summed E-state index contributed by atoms with van der Waals surface area (Å²) in [6.45, 7) is 0.811. The minimum Gasteiger partial charge on any atom is -0.391 e. The third-order valence-corrected chi connectivity index (χ3v) is 5.37. The maximum atomic E-state index is 12.9. The number of benzene rings is 1. The second-order valence-electron chi connectivity index (χ2n) is 7.18. The fourth-order valence-electron chi connectivity index (χ4n) is 3.93. The highest BCUT2D eigenvalue weighted by Gasteiger charge is 2.35. The number of fused-ring (bicyclic) bond motifs is 2. The van der Waals surface area contributed by atoms with Gasteiger partial charge in [-0.15, -0.1) is 0 Å². The highest BCUT2D eigenvalue weighted by Crippen LogP contribution is 2.26. The number of rotatable bonds is 3. The zero-order valence-corrected chi connectivity index (χ0v) is 15.1. The van der Waals surface area contributed by atoms with Crippen LogP contribution in [0.2, 0.25) is 0 Å². The zero-order chi connectivity index (χ0) is 19.1. The molecule has 28 heavy (non-hydrogen) atoms. The predicted octanol–water partition coefficient (Wildman–Crippen LogP) is 1.95. The number of pyridine rings is 1. The number of nitrogens with zero attached hydrogens (tertiary/aromatic N) is 5. The summed E-state index contributed by atoms with van der Waals surface area (Å²) in [5.74, 6) is 0.293. The van der Waals surface area contributed by atoms with E-state index in [0.717, 1.165) is 16.5 Å². The number of para-hydroxylation sites is 1. The minimum atomic E-state index is -0.564. The lowest BCUT2D eigenvalue weighted by atomic mass is 9.94. The van der Waals surface area contributed by atoms with Crippen LogP contribution in [0.15, 0.2) is 61.2 Å². The molecular weight excluding hydrogens is 354 g/mol. The highest BCUT2D eigenvalue weighted by molar-refractivity contribution is 5.93. The second-order valence-corrected chi connectivity index (χ2v) is 7.18. The van der Waals surface area contributed by atoms with E-state index in [2.05, 4.69) is 15.0 Å². The first-order valence-electron chi connectivity index (χ1n) is 9.29. The molecule has 0 radical (unpaired) electrons. The highest BCUT2D eigenvalue weighted by atomic mass is 16.3. The Labute approximate surface area is 161 Å². The molecule has 1 aromatic carbocycles. The SMILES string of the molecule is O=C(c1cn2cccnc2n1)N1C[C@@H](Cc2ccnc3ccccc23)[C@H](O)C1. The summed E-state index contributed by atoms with van der Waals surface area (Å²) in [5, 5.41) is 11.7. The lowest BCUT2D eigenvalue weighted by molar-refractivity contribution is 0.0759. The van der Waals surface area contributed by atoms with Gasteiger partial charge in [0.2, 0.25) is 5.78 Å². The number of hydrogen-bond donors (Lipinski definition) is 1. The molecule has 0 saturated carbocycles. The van der Waals surface area contributed by atoms with Crippen molar-refractivity contribution in [3.63, 3.8) is 0 Å². The molecule has 1 N–H and O–H groups in total. The van der Waals surface area contributed by atoms with Gasteiger partial charge in [0.05, 0.1) is 11.6 Å². The zero-order valence-electron chi connectivity index (χ0n) is 15.1. The van der Waals surface area contributed by atoms with Gasteiger partial charge in [-0.2, -0.15) is 0 Å². The number of carbonyl (C=O) groups is 1. The average Bonchev–Trinajstić information content (AvgIpc) is 3.31. The fourth-order valence-corrected chi connectivity index (χ4v) is 3.93. The van der Waals surface area contributed by atoms with Crippen LogP contribution in [-0.2, 0) is 6.42 Å².